The maximum Gasteiger partial charge on any atom is 0.202 e. The number of phenols is 2. The van der Waals surface area contributed by atoms with Crippen molar-refractivity contribution in [1.29, 1.82) is 0 Å². The van der Waals surface area contributed by atoms with Crippen LogP contribution in [0.1, 0.15) is 81.5 Å². The SMILES string of the molecule is COc1cccc2c1C(=O)c1c(O)c3c(c(O)c1C2=O)CC(C(=O)CO)C[C@@H]3CC[C@H]1C[C@H](N)[C@H](O)[C@H](C)O1. The third-order valence-corrected chi connectivity index (χ3v) is 8.50. The quantitative estimate of drug-likeness (QED) is 0.290. The number of hydrogen-bond acceptors (Lipinski definition) is 10. The maximum absolute atomic E-state index is 13.7. The van der Waals surface area contributed by atoms with Gasteiger partial charge >= 0.3 is 0 Å². The van der Waals surface area contributed by atoms with Crippen LogP contribution in [0.2, 0.25) is 0 Å². The molecule has 2 aromatic carbocycles. The number of aromatic hydroxyl groups is 2. The molecule has 1 fully saturated rings. The highest BCUT2D eigenvalue weighted by Gasteiger charge is 2.43. The van der Waals surface area contributed by atoms with Crippen molar-refractivity contribution in [2.75, 3.05) is 13.7 Å². The Balaban J connectivity index is 1.59. The maximum atomic E-state index is 13.7. The van der Waals surface area contributed by atoms with Crippen molar-refractivity contribution in [1.82, 2.24) is 0 Å². The van der Waals surface area contributed by atoms with Gasteiger partial charge in [-0.1, -0.05) is 12.1 Å². The zero-order chi connectivity index (χ0) is 28.2. The van der Waals surface area contributed by atoms with Crippen molar-refractivity contribution in [3.05, 3.63) is 51.6 Å². The molecular formula is C29H33NO9. The summed E-state index contributed by atoms with van der Waals surface area (Å²) in [5.41, 5.74) is 6.13. The predicted molar refractivity (Wildman–Crippen MR) is 138 cm³/mol. The van der Waals surface area contributed by atoms with Gasteiger partial charge in [-0.25, -0.2) is 0 Å². The Kier molecular flexibility index (Phi) is 7.23. The lowest BCUT2D eigenvalue weighted by molar-refractivity contribution is -0.126. The molecule has 0 bridgehead atoms. The molecule has 1 saturated heterocycles. The zero-order valence-electron chi connectivity index (χ0n) is 21.8. The Hall–Kier alpha value is -3.31. The van der Waals surface area contributed by atoms with Crippen molar-refractivity contribution in [3.63, 3.8) is 0 Å². The number of phenolic OH excluding ortho intramolecular Hbond substituents is 2. The van der Waals surface area contributed by atoms with Crippen LogP contribution in [0.3, 0.4) is 0 Å². The van der Waals surface area contributed by atoms with Gasteiger partial charge in [0.25, 0.3) is 0 Å². The van der Waals surface area contributed by atoms with Gasteiger partial charge in [-0.2, -0.15) is 0 Å². The molecule has 2 aliphatic carbocycles. The van der Waals surface area contributed by atoms with E-state index in [4.69, 9.17) is 15.2 Å². The molecular weight excluding hydrogens is 506 g/mol. The van der Waals surface area contributed by atoms with Crippen LogP contribution in [0.4, 0.5) is 0 Å². The lowest BCUT2D eigenvalue weighted by atomic mass is 9.69. The van der Waals surface area contributed by atoms with Crippen LogP contribution < -0.4 is 10.5 Å². The molecule has 10 heteroatoms. The number of benzene rings is 2. The van der Waals surface area contributed by atoms with Gasteiger partial charge in [-0.15, -0.1) is 0 Å². The van der Waals surface area contributed by atoms with Crippen LogP contribution in [0.15, 0.2) is 18.2 Å². The molecule has 0 amide bonds. The number of Topliss-reactive ketones (excluding diaryl/α,β-unsaturated/α-hetero) is 1. The summed E-state index contributed by atoms with van der Waals surface area (Å²) in [6.07, 6.45) is 0.100. The fraction of sp³-hybridized carbons (Fsp3) is 0.483. The van der Waals surface area contributed by atoms with E-state index in [2.05, 4.69) is 0 Å². The number of rotatable bonds is 6. The number of ketones is 3. The minimum atomic E-state index is -0.779. The van der Waals surface area contributed by atoms with E-state index in [0.29, 0.717) is 24.8 Å². The largest absolute Gasteiger partial charge is 0.507 e. The molecule has 208 valence electrons. The first-order valence-electron chi connectivity index (χ1n) is 13.2. The van der Waals surface area contributed by atoms with Crippen molar-refractivity contribution < 1.29 is 44.3 Å². The highest BCUT2D eigenvalue weighted by atomic mass is 16.5. The minimum absolute atomic E-state index is 0.0123. The number of hydrogen-bond donors (Lipinski definition) is 5. The van der Waals surface area contributed by atoms with Crippen LogP contribution in [0.5, 0.6) is 17.2 Å². The fourth-order valence-electron chi connectivity index (χ4n) is 6.50. The summed E-state index contributed by atoms with van der Waals surface area (Å²) >= 11 is 0. The van der Waals surface area contributed by atoms with Crippen LogP contribution in [-0.4, -0.2) is 75.8 Å². The summed E-state index contributed by atoms with van der Waals surface area (Å²) in [4.78, 5) is 39.8. The molecule has 6 N–H and O–H groups in total. The molecule has 0 radical (unpaired) electrons. The number of carbonyl (C=O) groups is 3. The fourth-order valence-corrected chi connectivity index (χ4v) is 6.50. The van der Waals surface area contributed by atoms with Crippen molar-refractivity contribution in [2.24, 2.45) is 11.7 Å². The van der Waals surface area contributed by atoms with Gasteiger partial charge in [0.1, 0.15) is 23.9 Å². The monoisotopic (exact) mass is 539 g/mol. The molecule has 3 aliphatic rings. The summed E-state index contributed by atoms with van der Waals surface area (Å²) in [7, 11) is 1.38. The third kappa shape index (κ3) is 4.41. The predicted octanol–water partition coefficient (Wildman–Crippen LogP) is 1.73. The van der Waals surface area contributed by atoms with E-state index in [9.17, 15) is 34.8 Å². The summed E-state index contributed by atoms with van der Waals surface area (Å²) in [6, 6.07) is 4.12. The highest BCUT2D eigenvalue weighted by Crippen LogP contribution is 2.52. The Labute approximate surface area is 225 Å². The van der Waals surface area contributed by atoms with E-state index in [-0.39, 0.29) is 52.5 Å². The molecule has 0 spiro atoms. The third-order valence-electron chi connectivity index (χ3n) is 8.50. The van der Waals surface area contributed by atoms with Gasteiger partial charge in [0, 0.05) is 28.7 Å². The minimum Gasteiger partial charge on any atom is -0.507 e. The van der Waals surface area contributed by atoms with E-state index < -0.39 is 65.5 Å². The Morgan fingerprint density at radius 1 is 1.08 bits per heavy atom. The first kappa shape index (κ1) is 27.3. The lowest BCUT2D eigenvalue weighted by Gasteiger charge is -2.38. The first-order chi connectivity index (χ1) is 18.6. The number of aliphatic hydroxyl groups excluding tert-OH is 2. The van der Waals surface area contributed by atoms with Gasteiger partial charge < -0.3 is 35.6 Å². The van der Waals surface area contributed by atoms with E-state index in [1.807, 2.05) is 0 Å². The van der Waals surface area contributed by atoms with Gasteiger partial charge in [-0.3, -0.25) is 14.4 Å². The van der Waals surface area contributed by atoms with Crippen molar-refractivity contribution >= 4 is 17.3 Å². The molecule has 6 atom stereocenters. The lowest BCUT2D eigenvalue weighted by Crippen LogP contribution is -2.51. The second-order valence-corrected chi connectivity index (χ2v) is 10.8. The molecule has 5 rings (SSSR count). The van der Waals surface area contributed by atoms with Crippen molar-refractivity contribution in [2.45, 2.75) is 69.3 Å². The Bertz CT molecular complexity index is 1340. The van der Waals surface area contributed by atoms with E-state index in [1.165, 1.54) is 13.2 Å². The topological polar surface area (TPSA) is 177 Å². The highest BCUT2D eigenvalue weighted by molar-refractivity contribution is 6.31. The van der Waals surface area contributed by atoms with Crippen LogP contribution >= 0.6 is 0 Å². The summed E-state index contributed by atoms with van der Waals surface area (Å²) < 4.78 is 11.2. The second-order valence-electron chi connectivity index (χ2n) is 10.8. The van der Waals surface area contributed by atoms with Crippen LogP contribution in [-0.2, 0) is 16.0 Å². The van der Waals surface area contributed by atoms with Gasteiger partial charge in [-0.05, 0) is 51.0 Å². The van der Waals surface area contributed by atoms with Gasteiger partial charge in [0.05, 0.1) is 42.1 Å². The number of aliphatic hydroxyl groups is 2. The number of nitrogens with two attached hydrogens (primary N) is 1. The molecule has 1 aliphatic heterocycles. The van der Waals surface area contributed by atoms with E-state index >= 15 is 0 Å². The van der Waals surface area contributed by atoms with E-state index in [0.717, 1.165) is 0 Å². The number of fused-ring (bicyclic) bond motifs is 3. The Morgan fingerprint density at radius 3 is 2.46 bits per heavy atom. The normalized spacial score (nSPS) is 27.9. The zero-order valence-corrected chi connectivity index (χ0v) is 21.8. The molecule has 0 saturated carbocycles. The average molecular weight is 540 g/mol. The average Bonchev–Trinajstić information content (AvgIpc) is 2.93. The smallest absolute Gasteiger partial charge is 0.202 e. The molecule has 1 unspecified atom stereocenters. The molecule has 1 heterocycles. The number of carbonyl (C=O) groups excluding carboxylic acids is 3. The molecule has 10 nitrogen and oxygen atoms in total. The van der Waals surface area contributed by atoms with Gasteiger partial charge in [0.15, 0.2) is 11.6 Å². The Morgan fingerprint density at radius 2 is 1.79 bits per heavy atom. The molecule has 39 heavy (non-hydrogen) atoms. The number of ether oxygens (including phenoxy) is 2. The molecule has 0 aromatic heterocycles. The van der Waals surface area contributed by atoms with Crippen LogP contribution in [0.25, 0.3) is 0 Å². The first-order valence-corrected chi connectivity index (χ1v) is 13.2. The van der Waals surface area contributed by atoms with Gasteiger partial charge in [0.2, 0.25) is 5.78 Å². The number of methoxy groups -OCH3 is 1. The summed E-state index contributed by atoms with van der Waals surface area (Å²) in [5.74, 6) is -3.44. The summed E-state index contributed by atoms with van der Waals surface area (Å²) in [6.45, 7) is 1.07. The van der Waals surface area contributed by atoms with Crippen molar-refractivity contribution in [3.8, 4) is 17.2 Å². The summed E-state index contributed by atoms with van der Waals surface area (Å²) in [5, 5.41) is 42.6. The van der Waals surface area contributed by atoms with E-state index in [1.54, 1.807) is 19.1 Å². The van der Waals surface area contributed by atoms with Crippen LogP contribution in [0, 0.1) is 5.92 Å². The molecule has 2 aromatic rings. The second kappa shape index (κ2) is 10.3. The standard InChI is InChI=1S/C29H33NO9/c1-12-25(33)18(30)10-15(39-12)7-6-13-8-14(19(32)11-31)9-17-21(13)28(36)24-23(27(17)35)26(34)16-4-3-5-20(38-2)22(16)29(24)37/h3-5,12-15,18,25,31,33,35-36H,6-11,30H2,1-2H3/t12-,13-,14?,15-,18-,25+/m0/s1.